The molecule has 0 spiro atoms. The van der Waals surface area contributed by atoms with Gasteiger partial charge < -0.3 is 5.32 Å². The summed E-state index contributed by atoms with van der Waals surface area (Å²) >= 11 is 7.61. The number of nitrogens with one attached hydrogen (secondary N) is 1. The van der Waals surface area contributed by atoms with Crippen LogP contribution < -0.4 is 5.32 Å². The van der Waals surface area contributed by atoms with Crippen LogP contribution in [-0.2, 0) is 17.9 Å². The maximum atomic E-state index is 11.9. The molecule has 1 N–H and O–H groups in total. The van der Waals surface area contributed by atoms with Crippen LogP contribution in [0.5, 0.6) is 0 Å². The van der Waals surface area contributed by atoms with Crippen LogP contribution >= 0.6 is 22.9 Å². The number of benzene rings is 1. The number of carbonyl (C=O) groups excluding carboxylic acids is 1. The molecule has 1 aromatic carbocycles. The van der Waals surface area contributed by atoms with Gasteiger partial charge in [-0.2, -0.15) is 0 Å². The Kier molecular flexibility index (Phi) is 5.59. The third kappa shape index (κ3) is 4.96. The van der Waals surface area contributed by atoms with E-state index in [4.69, 9.17) is 11.6 Å². The minimum absolute atomic E-state index is 0.0176. The number of hydrogen-bond acceptors (Lipinski definition) is 3. The molecule has 0 fully saturated rings. The highest BCUT2D eigenvalue weighted by Gasteiger charge is 2.07. The van der Waals surface area contributed by atoms with Gasteiger partial charge in [0.25, 0.3) is 0 Å². The second-order valence-corrected chi connectivity index (χ2v) is 6.13. The van der Waals surface area contributed by atoms with E-state index < -0.39 is 0 Å². The first-order valence-corrected chi connectivity index (χ1v) is 7.61. The van der Waals surface area contributed by atoms with E-state index in [1.807, 2.05) is 47.7 Å². The van der Waals surface area contributed by atoms with Crippen molar-refractivity contribution in [2.75, 3.05) is 13.6 Å². The van der Waals surface area contributed by atoms with Crippen LogP contribution in [-0.4, -0.2) is 24.4 Å². The van der Waals surface area contributed by atoms with Gasteiger partial charge in [-0.05, 0) is 36.2 Å². The molecule has 0 saturated heterocycles. The highest BCUT2D eigenvalue weighted by molar-refractivity contribution is 7.09. The maximum Gasteiger partial charge on any atom is 0.234 e. The quantitative estimate of drug-likeness (QED) is 0.889. The lowest BCUT2D eigenvalue weighted by Gasteiger charge is -2.15. The summed E-state index contributed by atoms with van der Waals surface area (Å²) in [5.41, 5.74) is 1.01. The molecule has 0 unspecified atom stereocenters. The van der Waals surface area contributed by atoms with Crippen molar-refractivity contribution in [2.45, 2.75) is 13.1 Å². The van der Waals surface area contributed by atoms with Gasteiger partial charge in [0.15, 0.2) is 0 Å². The van der Waals surface area contributed by atoms with Gasteiger partial charge in [-0.1, -0.05) is 29.8 Å². The van der Waals surface area contributed by atoms with E-state index in [-0.39, 0.29) is 5.91 Å². The summed E-state index contributed by atoms with van der Waals surface area (Å²) in [6, 6.07) is 11.6. The number of nitrogens with zero attached hydrogens (tertiary/aromatic N) is 1. The number of amides is 1. The fourth-order valence-electron chi connectivity index (χ4n) is 1.87. The second kappa shape index (κ2) is 7.43. The van der Waals surface area contributed by atoms with Gasteiger partial charge in [0.05, 0.1) is 6.54 Å². The van der Waals surface area contributed by atoms with Gasteiger partial charge in [-0.25, -0.2) is 0 Å². The van der Waals surface area contributed by atoms with Gasteiger partial charge in [0, 0.05) is 23.0 Å². The fourth-order valence-corrected chi connectivity index (χ4v) is 2.87. The summed E-state index contributed by atoms with van der Waals surface area (Å²) in [5.74, 6) is 0.0176. The molecule has 0 atom stereocenters. The van der Waals surface area contributed by atoms with Crippen molar-refractivity contribution >= 4 is 28.8 Å². The smallest absolute Gasteiger partial charge is 0.234 e. The summed E-state index contributed by atoms with van der Waals surface area (Å²) in [4.78, 5) is 15.1. The van der Waals surface area contributed by atoms with Crippen molar-refractivity contribution in [2.24, 2.45) is 0 Å². The number of likely N-dealkylation sites (N-methyl/N-ethyl adjacent to an activating group) is 1. The third-order valence-electron chi connectivity index (χ3n) is 2.80. The monoisotopic (exact) mass is 308 g/mol. The molecule has 2 rings (SSSR count). The first-order valence-electron chi connectivity index (χ1n) is 6.35. The molecule has 106 valence electrons. The van der Waals surface area contributed by atoms with E-state index in [0.717, 1.165) is 12.1 Å². The maximum absolute atomic E-state index is 11.9. The van der Waals surface area contributed by atoms with Gasteiger partial charge in [-0.15, -0.1) is 11.3 Å². The van der Waals surface area contributed by atoms with Crippen molar-refractivity contribution in [3.8, 4) is 0 Å². The Morgan fingerprint density at radius 3 is 2.90 bits per heavy atom. The van der Waals surface area contributed by atoms with Crippen LogP contribution in [0.1, 0.15) is 10.4 Å². The molecule has 3 nitrogen and oxygen atoms in total. The lowest BCUT2D eigenvalue weighted by molar-refractivity contribution is -0.122. The van der Waals surface area contributed by atoms with Gasteiger partial charge in [-0.3, -0.25) is 9.69 Å². The standard InChI is InChI=1S/C15H17ClN2OS/c1-18(10-14-6-3-7-20-14)11-15(19)17-9-12-4-2-5-13(16)8-12/h2-8H,9-11H2,1H3,(H,17,19). The normalized spacial score (nSPS) is 10.8. The molecule has 0 aliphatic rings. The summed E-state index contributed by atoms with van der Waals surface area (Å²) in [5, 5.41) is 5.63. The van der Waals surface area contributed by atoms with Crippen molar-refractivity contribution in [1.82, 2.24) is 10.2 Å². The van der Waals surface area contributed by atoms with E-state index in [0.29, 0.717) is 18.1 Å². The van der Waals surface area contributed by atoms with Crippen molar-refractivity contribution in [1.29, 1.82) is 0 Å². The fraction of sp³-hybridized carbons (Fsp3) is 0.267. The van der Waals surface area contributed by atoms with E-state index in [1.165, 1.54) is 4.88 Å². The Hall–Kier alpha value is -1.36. The Labute approximate surface area is 128 Å². The van der Waals surface area contributed by atoms with E-state index in [2.05, 4.69) is 11.4 Å². The summed E-state index contributed by atoms with van der Waals surface area (Å²) in [6.07, 6.45) is 0. The third-order valence-corrected chi connectivity index (χ3v) is 3.89. The average Bonchev–Trinajstić information content (AvgIpc) is 2.89. The summed E-state index contributed by atoms with van der Waals surface area (Å²) in [6.45, 7) is 1.69. The van der Waals surface area contributed by atoms with Crippen LogP contribution in [0.2, 0.25) is 5.02 Å². The zero-order valence-corrected chi connectivity index (χ0v) is 12.9. The molecule has 0 saturated carbocycles. The largest absolute Gasteiger partial charge is 0.351 e. The number of thiophene rings is 1. The van der Waals surface area contributed by atoms with Crippen LogP contribution in [0, 0.1) is 0 Å². The van der Waals surface area contributed by atoms with Crippen molar-refractivity contribution in [3.63, 3.8) is 0 Å². The van der Waals surface area contributed by atoms with Gasteiger partial charge >= 0.3 is 0 Å². The molecule has 1 amide bonds. The SMILES string of the molecule is CN(CC(=O)NCc1cccc(Cl)c1)Cc1cccs1. The zero-order chi connectivity index (χ0) is 14.4. The minimum Gasteiger partial charge on any atom is -0.351 e. The van der Waals surface area contributed by atoms with Crippen LogP contribution in [0.15, 0.2) is 41.8 Å². The molecule has 0 bridgehead atoms. The topological polar surface area (TPSA) is 32.3 Å². The van der Waals surface area contributed by atoms with Crippen LogP contribution in [0.25, 0.3) is 0 Å². The number of hydrogen-bond donors (Lipinski definition) is 1. The molecular weight excluding hydrogens is 292 g/mol. The minimum atomic E-state index is 0.0176. The Bertz CT molecular complexity index is 557. The van der Waals surface area contributed by atoms with Gasteiger partial charge in [0.1, 0.15) is 0 Å². The molecule has 1 heterocycles. The van der Waals surface area contributed by atoms with Crippen molar-refractivity contribution < 1.29 is 4.79 Å². The second-order valence-electron chi connectivity index (χ2n) is 4.66. The van der Waals surface area contributed by atoms with E-state index >= 15 is 0 Å². The van der Waals surface area contributed by atoms with Crippen LogP contribution in [0.3, 0.4) is 0 Å². The molecule has 20 heavy (non-hydrogen) atoms. The highest BCUT2D eigenvalue weighted by Crippen LogP contribution is 2.11. The number of carbonyl (C=O) groups is 1. The van der Waals surface area contributed by atoms with E-state index in [9.17, 15) is 4.79 Å². The van der Waals surface area contributed by atoms with Crippen LogP contribution in [0.4, 0.5) is 0 Å². The van der Waals surface area contributed by atoms with Crippen molar-refractivity contribution in [3.05, 3.63) is 57.2 Å². The van der Waals surface area contributed by atoms with E-state index in [1.54, 1.807) is 11.3 Å². The Balaban J connectivity index is 1.75. The highest BCUT2D eigenvalue weighted by atomic mass is 35.5. The summed E-state index contributed by atoms with van der Waals surface area (Å²) < 4.78 is 0. The first kappa shape index (κ1) is 15.0. The Morgan fingerprint density at radius 1 is 1.35 bits per heavy atom. The predicted octanol–water partition coefficient (Wildman–Crippen LogP) is 3.15. The molecule has 1 aromatic heterocycles. The first-order chi connectivity index (χ1) is 9.63. The Morgan fingerprint density at radius 2 is 2.20 bits per heavy atom. The number of halogens is 1. The predicted molar refractivity (Wildman–Crippen MR) is 84.0 cm³/mol. The summed E-state index contributed by atoms with van der Waals surface area (Å²) in [7, 11) is 1.94. The molecule has 5 heteroatoms. The molecule has 0 aliphatic carbocycles. The molecule has 0 aliphatic heterocycles. The zero-order valence-electron chi connectivity index (χ0n) is 11.3. The molecule has 2 aromatic rings. The lowest BCUT2D eigenvalue weighted by Crippen LogP contribution is -2.34. The van der Waals surface area contributed by atoms with Gasteiger partial charge in [0.2, 0.25) is 5.91 Å². The number of rotatable bonds is 6. The average molecular weight is 309 g/mol. The lowest BCUT2D eigenvalue weighted by atomic mass is 10.2. The molecule has 0 radical (unpaired) electrons. The molecular formula is C15H17ClN2OS.